The van der Waals surface area contributed by atoms with Gasteiger partial charge in [-0.3, -0.25) is 4.68 Å². The Morgan fingerprint density at radius 3 is 2.80 bits per heavy atom. The summed E-state index contributed by atoms with van der Waals surface area (Å²) < 4.78 is 12.6. The Morgan fingerprint density at radius 2 is 2.10 bits per heavy atom. The third-order valence-corrected chi connectivity index (χ3v) is 3.44. The second kappa shape index (κ2) is 5.25. The molecule has 0 unspecified atom stereocenters. The van der Waals surface area contributed by atoms with E-state index in [1.54, 1.807) is 6.07 Å². The van der Waals surface area contributed by atoms with E-state index in [0.717, 1.165) is 17.0 Å². The Morgan fingerprint density at radius 1 is 1.35 bits per heavy atom. The van der Waals surface area contributed by atoms with E-state index in [2.05, 4.69) is 24.3 Å². The molecule has 0 saturated heterocycles. The molecule has 1 N–H and O–H groups in total. The molecule has 0 amide bonds. The second-order valence-corrected chi connectivity index (χ2v) is 5.37. The van der Waals surface area contributed by atoms with Gasteiger partial charge in [0, 0.05) is 36.5 Å². The van der Waals surface area contributed by atoms with Gasteiger partial charge in [0.15, 0.2) is 11.5 Å². The van der Waals surface area contributed by atoms with Crippen LogP contribution >= 0.6 is 11.6 Å². The molecule has 2 heterocycles. The van der Waals surface area contributed by atoms with Crippen LogP contribution in [-0.4, -0.2) is 16.6 Å². The number of benzene rings is 1. The average molecular weight is 294 g/mol. The maximum atomic E-state index is 6.21. The van der Waals surface area contributed by atoms with E-state index in [1.807, 2.05) is 23.1 Å². The Hall–Kier alpha value is -1.88. The normalized spacial score (nSPS) is 13.0. The van der Waals surface area contributed by atoms with Gasteiger partial charge in [-0.25, -0.2) is 0 Å². The minimum absolute atomic E-state index is 0.246. The number of rotatable bonds is 4. The van der Waals surface area contributed by atoms with E-state index in [4.69, 9.17) is 21.1 Å². The van der Waals surface area contributed by atoms with Gasteiger partial charge in [-0.05, 0) is 13.8 Å². The maximum Gasteiger partial charge on any atom is 0.231 e. The van der Waals surface area contributed by atoms with E-state index in [9.17, 15) is 0 Å². The van der Waals surface area contributed by atoms with Gasteiger partial charge in [-0.2, -0.15) is 5.10 Å². The molecule has 6 heteroatoms. The number of nitrogens with one attached hydrogen (secondary N) is 1. The summed E-state index contributed by atoms with van der Waals surface area (Å²) in [5.41, 5.74) is 1.93. The zero-order chi connectivity index (χ0) is 14.1. The van der Waals surface area contributed by atoms with E-state index in [-0.39, 0.29) is 6.79 Å². The lowest BCUT2D eigenvalue weighted by Crippen LogP contribution is -2.01. The lowest BCUT2D eigenvalue weighted by molar-refractivity contribution is 0.174. The van der Waals surface area contributed by atoms with Crippen molar-refractivity contribution in [2.24, 2.45) is 0 Å². The van der Waals surface area contributed by atoms with Crippen LogP contribution in [0.3, 0.4) is 0 Å². The fourth-order valence-electron chi connectivity index (χ4n) is 2.00. The average Bonchev–Trinajstić information content (AvgIpc) is 3.03. The number of fused-ring (bicyclic) bond motifs is 1. The van der Waals surface area contributed by atoms with Crippen LogP contribution in [0.15, 0.2) is 24.5 Å². The highest BCUT2D eigenvalue weighted by molar-refractivity contribution is 6.33. The molecule has 0 spiro atoms. The lowest BCUT2D eigenvalue weighted by atomic mass is 10.2. The van der Waals surface area contributed by atoms with Gasteiger partial charge in [0.1, 0.15) is 0 Å². The number of hydrogen-bond donors (Lipinski definition) is 1. The molecular weight excluding hydrogens is 278 g/mol. The Labute approximate surface area is 122 Å². The zero-order valence-corrected chi connectivity index (χ0v) is 12.1. The molecule has 3 rings (SSSR count). The van der Waals surface area contributed by atoms with Crippen LogP contribution in [0.2, 0.25) is 5.02 Å². The van der Waals surface area contributed by atoms with Crippen LogP contribution in [0, 0.1) is 0 Å². The quantitative estimate of drug-likeness (QED) is 0.938. The largest absolute Gasteiger partial charge is 0.454 e. The van der Waals surface area contributed by atoms with Crippen molar-refractivity contribution < 1.29 is 9.47 Å². The first kappa shape index (κ1) is 13.1. The van der Waals surface area contributed by atoms with Crippen molar-refractivity contribution in [2.45, 2.75) is 26.4 Å². The first-order valence-electron chi connectivity index (χ1n) is 6.49. The molecule has 0 radical (unpaired) electrons. The van der Waals surface area contributed by atoms with Gasteiger partial charge in [-0.15, -0.1) is 0 Å². The Bertz CT molecular complexity index is 625. The predicted octanol–water partition coefficient (Wildman–Crippen LogP) is 3.46. The fourth-order valence-corrected chi connectivity index (χ4v) is 2.22. The maximum absolute atomic E-state index is 6.21. The van der Waals surface area contributed by atoms with Crippen LogP contribution in [0.1, 0.15) is 25.5 Å². The first-order valence-corrected chi connectivity index (χ1v) is 6.87. The highest BCUT2D eigenvalue weighted by Gasteiger charge is 2.16. The van der Waals surface area contributed by atoms with Crippen molar-refractivity contribution >= 4 is 17.3 Å². The molecule has 5 nitrogen and oxygen atoms in total. The van der Waals surface area contributed by atoms with Gasteiger partial charge in [0.25, 0.3) is 0 Å². The van der Waals surface area contributed by atoms with Gasteiger partial charge >= 0.3 is 0 Å². The van der Waals surface area contributed by atoms with Crippen molar-refractivity contribution in [1.82, 2.24) is 9.78 Å². The molecular formula is C14H16ClN3O2. The molecule has 106 valence electrons. The highest BCUT2D eigenvalue weighted by atomic mass is 35.5. The smallest absolute Gasteiger partial charge is 0.231 e. The van der Waals surface area contributed by atoms with Crippen molar-refractivity contribution in [1.29, 1.82) is 0 Å². The van der Waals surface area contributed by atoms with Crippen LogP contribution in [-0.2, 0) is 6.54 Å². The molecule has 2 aromatic rings. The summed E-state index contributed by atoms with van der Waals surface area (Å²) in [4.78, 5) is 0. The molecule has 0 saturated carbocycles. The number of aromatic nitrogens is 2. The number of hydrogen-bond acceptors (Lipinski definition) is 4. The van der Waals surface area contributed by atoms with Crippen LogP contribution < -0.4 is 14.8 Å². The van der Waals surface area contributed by atoms with Gasteiger partial charge in [-0.1, -0.05) is 11.6 Å². The minimum Gasteiger partial charge on any atom is -0.454 e. The molecule has 0 aliphatic carbocycles. The fraction of sp³-hybridized carbons (Fsp3) is 0.357. The number of halogens is 1. The topological polar surface area (TPSA) is 48.3 Å². The van der Waals surface area contributed by atoms with E-state index in [1.165, 1.54) is 0 Å². The summed E-state index contributed by atoms with van der Waals surface area (Å²) >= 11 is 6.21. The monoisotopic (exact) mass is 293 g/mol. The van der Waals surface area contributed by atoms with Gasteiger partial charge in [0.05, 0.1) is 16.9 Å². The molecule has 1 aliphatic heterocycles. The molecule has 0 fully saturated rings. The molecule has 1 aliphatic rings. The Balaban J connectivity index is 1.71. The van der Waals surface area contributed by atoms with Crippen molar-refractivity contribution in [2.75, 3.05) is 12.1 Å². The standard InChI is InChI=1S/C14H16ClN3O2/c1-9(2)18-7-10(6-17-18)5-16-12-4-14-13(3-11(12)15)19-8-20-14/h3-4,6-7,9,16H,5,8H2,1-2H3. The molecule has 0 atom stereocenters. The highest BCUT2D eigenvalue weighted by Crippen LogP contribution is 2.39. The molecule has 1 aromatic heterocycles. The predicted molar refractivity (Wildman–Crippen MR) is 77.5 cm³/mol. The van der Waals surface area contributed by atoms with Gasteiger partial charge in [0.2, 0.25) is 6.79 Å². The molecule has 1 aromatic carbocycles. The number of nitrogens with zero attached hydrogens (tertiary/aromatic N) is 2. The summed E-state index contributed by atoms with van der Waals surface area (Å²) in [5, 5.41) is 8.21. The Kier molecular flexibility index (Phi) is 3.44. The third kappa shape index (κ3) is 2.54. The zero-order valence-electron chi connectivity index (χ0n) is 11.4. The second-order valence-electron chi connectivity index (χ2n) is 4.96. The third-order valence-electron chi connectivity index (χ3n) is 3.13. The summed E-state index contributed by atoms with van der Waals surface area (Å²) in [7, 11) is 0. The summed E-state index contributed by atoms with van der Waals surface area (Å²) in [6.07, 6.45) is 3.88. The summed E-state index contributed by atoms with van der Waals surface area (Å²) in [6.45, 7) is 5.10. The van der Waals surface area contributed by atoms with Crippen LogP contribution in [0.4, 0.5) is 5.69 Å². The molecule has 0 bridgehead atoms. The lowest BCUT2D eigenvalue weighted by Gasteiger charge is -2.08. The van der Waals surface area contributed by atoms with E-state index < -0.39 is 0 Å². The molecule has 20 heavy (non-hydrogen) atoms. The number of ether oxygens (including phenoxy) is 2. The minimum atomic E-state index is 0.246. The first-order chi connectivity index (χ1) is 9.63. The summed E-state index contributed by atoms with van der Waals surface area (Å²) in [6, 6.07) is 3.99. The number of anilines is 1. The van der Waals surface area contributed by atoms with E-state index >= 15 is 0 Å². The van der Waals surface area contributed by atoms with Crippen molar-refractivity contribution in [3.8, 4) is 11.5 Å². The SMILES string of the molecule is CC(C)n1cc(CNc2cc3c(cc2Cl)OCO3)cn1. The summed E-state index contributed by atoms with van der Waals surface area (Å²) in [5.74, 6) is 1.41. The van der Waals surface area contributed by atoms with Crippen molar-refractivity contribution in [3.63, 3.8) is 0 Å². The van der Waals surface area contributed by atoms with Crippen molar-refractivity contribution in [3.05, 3.63) is 35.1 Å². The van der Waals surface area contributed by atoms with E-state index in [0.29, 0.717) is 23.4 Å². The van der Waals surface area contributed by atoms with Gasteiger partial charge < -0.3 is 14.8 Å². The van der Waals surface area contributed by atoms with Crippen LogP contribution in [0.25, 0.3) is 0 Å². The van der Waals surface area contributed by atoms with Crippen LogP contribution in [0.5, 0.6) is 11.5 Å².